The van der Waals surface area contributed by atoms with E-state index in [1.807, 2.05) is 50.2 Å². The van der Waals surface area contributed by atoms with Crippen LogP contribution in [0.4, 0.5) is 11.5 Å². The molecule has 5 aromatic rings. The minimum Gasteiger partial charge on any atom is -0.475 e. The van der Waals surface area contributed by atoms with Crippen molar-refractivity contribution in [3.63, 3.8) is 0 Å². The van der Waals surface area contributed by atoms with Crippen molar-refractivity contribution >= 4 is 17.2 Å². The highest BCUT2D eigenvalue weighted by atomic mass is 16.5. The molecule has 7 nitrogen and oxygen atoms in total. The number of ether oxygens (including phenoxy) is 1. The third kappa shape index (κ3) is 6.05. The summed E-state index contributed by atoms with van der Waals surface area (Å²) in [6, 6.07) is 37.1. The van der Waals surface area contributed by atoms with E-state index < -0.39 is 5.54 Å². The lowest BCUT2D eigenvalue weighted by Gasteiger charge is -2.38. The standard InChI is InChI=1S/C37H38N6O/c1-27(2)44-35-25-32(36(38)28-18-19-40-34(24-28)43-22-20-39-21-23-43)33(26-41-35)42-37(29-12-6-3-7-13-29,30-14-8-4-9-15-30)31-16-10-5-11-17-31/h3-19,24-27,38-39,42H,20-23H2,1-2H3. The van der Waals surface area contributed by atoms with Crippen LogP contribution in [-0.2, 0) is 5.54 Å². The maximum atomic E-state index is 9.54. The van der Waals surface area contributed by atoms with Crippen LogP contribution >= 0.6 is 0 Å². The van der Waals surface area contributed by atoms with Gasteiger partial charge < -0.3 is 20.3 Å². The van der Waals surface area contributed by atoms with Crippen LogP contribution in [0, 0.1) is 5.41 Å². The number of aromatic nitrogens is 2. The third-order valence-electron chi connectivity index (χ3n) is 7.92. The van der Waals surface area contributed by atoms with Gasteiger partial charge in [0, 0.05) is 49.6 Å². The smallest absolute Gasteiger partial charge is 0.214 e. The minimum atomic E-state index is -0.773. The Kier molecular flexibility index (Phi) is 8.66. The second-order valence-electron chi connectivity index (χ2n) is 11.2. The normalized spacial score (nSPS) is 13.5. The molecule has 1 saturated heterocycles. The molecule has 6 rings (SSSR count). The molecule has 0 radical (unpaired) electrons. The van der Waals surface area contributed by atoms with Crippen LogP contribution in [0.3, 0.4) is 0 Å². The summed E-state index contributed by atoms with van der Waals surface area (Å²) in [5, 5.41) is 16.9. The molecule has 1 aliphatic heterocycles. The lowest BCUT2D eigenvalue weighted by molar-refractivity contribution is 0.232. The molecular weight excluding hydrogens is 544 g/mol. The first kappa shape index (κ1) is 29.1. The highest BCUT2D eigenvalue weighted by molar-refractivity contribution is 6.14. The van der Waals surface area contributed by atoms with Crippen LogP contribution in [-0.4, -0.2) is 48.0 Å². The number of piperazine rings is 1. The number of hydrogen-bond acceptors (Lipinski definition) is 7. The molecule has 0 unspecified atom stereocenters. The molecule has 0 bridgehead atoms. The van der Waals surface area contributed by atoms with Crippen molar-refractivity contribution in [2.75, 3.05) is 36.4 Å². The van der Waals surface area contributed by atoms with Crippen LogP contribution in [0.15, 0.2) is 122 Å². The predicted octanol–water partition coefficient (Wildman–Crippen LogP) is 6.49. The Bertz CT molecular complexity index is 1590. The van der Waals surface area contributed by atoms with Gasteiger partial charge in [-0.3, -0.25) is 5.41 Å². The number of nitrogens with zero attached hydrogens (tertiary/aromatic N) is 3. The number of pyridine rings is 2. The van der Waals surface area contributed by atoms with Crippen molar-refractivity contribution in [2.45, 2.75) is 25.5 Å². The zero-order valence-corrected chi connectivity index (χ0v) is 25.2. The topological polar surface area (TPSA) is 86.2 Å². The number of nitrogens with one attached hydrogen (secondary N) is 3. The van der Waals surface area contributed by atoms with Crippen molar-refractivity contribution in [1.82, 2.24) is 15.3 Å². The van der Waals surface area contributed by atoms with Crippen molar-refractivity contribution < 1.29 is 4.74 Å². The lowest BCUT2D eigenvalue weighted by Crippen LogP contribution is -2.43. The molecule has 0 spiro atoms. The molecular formula is C37H38N6O. The van der Waals surface area contributed by atoms with Crippen molar-refractivity contribution in [2.24, 2.45) is 0 Å². The van der Waals surface area contributed by atoms with Gasteiger partial charge in [0.25, 0.3) is 0 Å². The van der Waals surface area contributed by atoms with Gasteiger partial charge >= 0.3 is 0 Å². The van der Waals surface area contributed by atoms with Gasteiger partial charge in [-0.1, -0.05) is 91.0 Å². The molecule has 3 heterocycles. The summed E-state index contributed by atoms with van der Waals surface area (Å²) >= 11 is 0. The van der Waals surface area contributed by atoms with E-state index in [0.717, 1.165) is 59.9 Å². The van der Waals surface area contributed by atoms with Crippen molar-refractivity contribution in [3.8, 4) is 5.88 Å². The fourth-order valence-corrected chi connectivity index (χ4v) is 5.83. The summed E-state index contributed by atoms with van der Waals surface area (Å²) in [5.74, 6) is 1.36. The van der Waals surface area contributed by atoms with Gasteiger partial charge in [-0.25, -0.2) is 9.97 Å². The van der Waals surface area contributed by atoms with E-state index in [-0.39, 0.29) is 6.10 Å². The average molecular weight is 583 g/mol. The van der Waals surface area contributed by atoms with Crippen LogP contribution in [0.5, 0.6) is 5.88 Å². The van der Waals surface area contributed by atoms with E-state index in [4.69, 9.17) is 9.72 Å². The highest BCUT2D eigenvalue weighted by Crippen LogP contribution is 2.41. The van der Waals surface area contributed by atoms with Gasteiger partial charge in [0.05, 0.1) is 23.7 Å². The van der Waals surface area contributed by atoms with E-state index in [1.165, 1.54) is 0 Å². The summed E-state index contributed by atoms with van der Waals surface area (Å²) < 4.78 is 6.04. The Morgan fingerprint density at radius 3 is 1.93 bits per heavy atom. The molecule has 1 fully saturated rings. The number of benzene rings is 3. The van der Waals surface area contributed by atoms with Gasteiger partial charge in [-0.05, 0) is 42.7 Å². The SMILES string of the molecule is CC(C)Oc1cc(C(=N)c2ccnc(N3CCNCC3)c2)c(NC(c2ccccc2)(c2ccccc2)c2ccccc2)cn1. The Balaban J connectivity index is 1.51. The summed E-state index contributed by atoms with van der Waals surface area (Å²) in [5.41, 5.74) is 5.01. The van der Waals surface area contributed by atoms with Crippen LogP contribution in [0.2, 0.25) is 0 Å². The van der Waals surface area contributed by atoms with Gasteiger partial charge in [0.15, 0.2) is 0 Å². The zero-order valence-electron chi connectivity index (χ0n) is 25.2. The molecule has 7 heteroatoms. The van der Waals surface area contributed by atoms with Crippen molar-refractivity contribution in [1.29, 1.82) is 5.41 Å². The largest absolute Gasteiger partial charge is 0.475 e. The van der Waals surface area contributed by atoms with Gasteiger partial charge in [0.1, 0.15) is 11.4 Å². The predicted molar refractivity (Wildman–Crippen MR) is 178 cm³/mol. The third-order valence-corrected chi connectivity index (χ3v) is 7.92. The Morgan fingerprint density at radius 2 is 1.39 bits per heavy atom. The molecule has 0 aliphatic carbocycles. The van der Waals surface area contributed by atoms with E-state index in [9.17, 15) is 5.41 Å². The number of rotatable bonds is 10. The van der Waals surface area contributed by atoms with Crippen molar-refractivity contribution in [3.05, 3.63) is 149 Å². The van der Waals surface area contributed by atoms with Gasteiger partial charge in [-0.15, -0.1) is 0 Å². The average Bonchev–Trinajstić information content (AvgIpc) is 3.09. The first-order chi connectivity index (χ1) is 21.5. The molecule has 0 amide bonds. The first-order valence-corrected chi connectivity index (χ1v) is 15.2. The fraction of sp³-hybridized carbons (Fsp3) is 0.216. The molecule has 2 aromatic heterocycles. The van der Waals surface area contributed by atoms with Crippen LogP contribution in [0.1, 0.15) is 41.7 Å². The molecule has 0 saturated carbocycles. The monoisotopic (exact) mass is 582 g/mol. The molecule has 222 valence electrons. The minimum absolute atomic E-state index is 0.0550. The Morgan fingerprint density at radius 1 is 0.818 bits per heavy atom. The molecule has 3 N–H and O–H groups in total. The van der Waals surface area contributed by atoms with Crippen LogP contribution in [0.25, 0.3) is 0 Å². The van der Waals surface area contributed by atoms with E-state index >= 15 is 0 Å². The summed E-state index contributed by atoms with van der Waals surface area (Å²) in [6.07, 6.45) is 3.54. The molecule has 44 heavy (non-hydrogen) atoms. The molecule has 3 aromatic carbocycles. The van der Waals surface area contributed by atoms with Gasteiger partial charge in [0.2, 0.25) is 5.88 Å². The summed E-state index contributed by atoms with van der Waals surface area (Å²) in [7, 11) is 0. The lowest BCUT2D eigenvalue weighted by atomic mass is 9.76. The quantitative estimate of drug-likeness (QED) is 0.129. The Hall–Kier alpha value is -5.01. The highest BCUT2D eigenvalue weighted by Gasteiger charge is 2.37. The fourth-order valence-electron chi connectivity index (χ4n) is 5.83. The van der Waals surface area contributed by atoms with Gasteiger partial charge in [-0.2, -0.15) is 0 Å². The van der Waals surface area contributed by atoms with E-state index in [0.29, 0.717) is 17.2 Å². The second-order valence-corrected chi connectivity index (χ2v) is 11.2. The maximum Gasteiger partial charge on any atom is 0.214 e. The maximum absolute atomic E-state index is 9.54. The number of hydrogen-bond donors (Lipinski definition) is 3. The molecule has 1 aliphatic rings. The second kappa shape index (κ2) is 13.1. The van der Waals surface area contributed by atoms with Crippen LogP contribution < -0.4 is 20.3 Å². The Labute approximate surface area is 259 Å². The summed E-state index contributed by atoms with van der Waals surface area (Å²) in [4.78, 5) is 11.6. The summed E-state index contributed by atoms with van der Waals surface area (Å²) in [6.45, 7) is 7.55. The van der Waals surface area contributed by atoms with E-state index in [2.05, 4.69) is 93.3 Å². The molecule has 0 atom stereocenters. The zero-order chi connectivity index (χ0) is 30.4. The first-order valence-electron chi connectivity index (χ1n) is 15.2. The number of anilines is 2. The van der Waals surface area contributed by atoms with E-state index in [1.54, 1.807) is 12.4 Å².